The number of ether oxygens (including phenoxy) is 1. The molecule has 1 aliphatic heterocycles. The summed E-state index contributed by atoms with van der Waals surface area (Å²) >= 11 is 0. The first kappa shape index (κ1) is 24.4. The van der Waals surface area contributed by atoms with E-state index in [2.05, 4.69) is 22.8 Å². The lowest BCUT2D eigenvalue weighted by atomic mass is 9.82. The number of aliphatic hydroxyl groups is 2. The number of hydrogen-bond donors (Lipinski definition) is 4. The van der Waals surface area contributed by atoms with Gasteiger partial charge in [-0.2, -0.15) is 0 Å². The molecule has 32 heavy (non-hydrogen) atoms. The number of nitrogens with one attached hydrogen (secondary N) is 2. The van der Waals surface area contributed by atoms with E-state index in [0.717, 1.165) is 19.3 Å². The number of aliphatic hydroxyl groups excluding tert-OH is 2. The van der Waals surface area contributed by atoms with Crippen LogP contribution in [0.1, 0.15) is 44.2 Å². The van der Waals surface area contributed by atoms with Crippen LogP contribution in [0.4, 0.5) is 0 Å². The third kappa shape index (κ3) is 5.94. The first-order valence-corrected chi connectivity index (χ1v) is 11.3. The third-order valence-corrected chi connectivity index (χ3v) is 6.29. The number of ketones is 1. The molecule has 4 N–H and O–H groups in total. The van der Waals surface area contributed by atoms with Crippen molar-refractivity contribution in [2.24, 2.45) is 11.8 Å². The van der Waals surface area contributed by atoms with Gasteiger partial charge >= 0.3 is 0 Å². The summed E-state index contributed by atoms with van der Waals surface area (Å²) in [5.41, 5.74) is 1.32. The fourth-order valence-corrected chi connectivity index (χ4v) is 4.35. The minimum Gasteiger partial charge on any atom is -0.394 e. The predicted octanol–water partition coefficient (Wildman–Crippen LogP) is 0.520. The van der Waals surface area contributed by atoms with Gasteiger partial charge in [0.1, 0.15) is 6.04 Å². The second-order valence-electron chi connectivity index (χ2n) is 9.38. The summed E-state index contributed by atoms with van der Waals surface area (Å²) in [6.45, 7) is 2.94. The topological polar surface area (TPSA) is 128 Å². The molecule has 0 aromatic heterocycles. The third-order valence-electron chi connectivity index (χ3n) is 6.29. The van der Waals surface area contributed by atoms with E-state index < -0.39 is 36.8 Å². The molecule has 1 aromatic carbocycles. The van der Waals surface area contributed by atoms with Crippen molar-refractivity contribution in [3.05, 3.63) is 35.4 Å². The summed E-state index contributed by atoms with van der Waals surface area (Å²) in [5.74, 6) is -1.02. The standard InChI is InChI=1S/C24H34N2O6/c1-15(2)9-19(22(30)24(13-28)14-32-24)26-23(31)20(12-27)25-21(29)11-16-7-8-17-5-3-4-6-18(17)10-16/h3-6,15-16,19-20,27-28H,7-14H2,1-2H3,(H,25,29)(H,26,31)/t16?,19?,20-,24?/m0/s1. The molecule has 1 heterocycles. The highest BCUT2D eigenvalue weighted by atomic mass is 16.6. The zero-order valence-electron chi connectivity index (χ0n) is 18.8. The van der Waals surface area contributed by atoms with Gasteiger partial charge in [0.15, 0.2) is 11.4 Å². The van der Waals surface area contributed by atoms with Gasteiger partial charge in [-0.1, -0.05) is 38.1 Å². The molecule has 0 saturated carbocycles. The maximum absolute atomic E-state index is 12.8. The SMILES string of the molecule is CC(C)CC(NC(=O)[C@H](CO)NC(=O)CC1CCc2ccccc2C1)C(=O)C1(CO)CO1. The summed E-state index contributed by atoms with van der Waals surface area (Å²) in [7, 11) is 0. The highest BCUT2D eigenvalue weighted by Crippen LogP contribution is 2.30. The molecule has 2 aliphatic rings. The van der Waals surface area contributed by atoms with Crippen LogP contribution in [-0.2, 0) is 32.0 Å². The Morgan fingerprint density at radius 2 is 1.81 bits per heavy atom. The molecule has 3 rings (SSSR count). The summed E-state index contributed by atoms with van der Waals surface area (Å²) in [4.78, 5) is 38.1. The van der Waals surface area contributed by atoms with Gasteiger partial charge in [0.25, 0.3) is 0 Å². The van der Waals surface area contributed by atoms with Gasteiger partial charge in [0, 0.05) is 6.42 Å². The van der Waals surface area contributed by atoms with Crippen molar-refractivity contribution in [3.63, 3.8) is 0 Å². The summed E-state index contributed by atoms with van der Waals surface area (Å²) < 4.78 is 5.14. The van der Waals surface area contributed by atoms with Crippen molar-refractivity contribution < 1.29 is 29.3 Å². The van der Waals surface area contributed by atoms with Gasteiger partial charge in [-0.15, -0.1) is 0 Å². The van der Waals surface area contributed by atoms with Crippen molar-refractivity contribution >= 4 is 17.6 Å². The molecular formula is C24H34N2O6. The smallest absolute Gasteiger partial charge is 0.245 e. The quantitative estimate of drug-likeness (QED) is 0.367. The Hall–Kier alpha value is -2.29. The molecule has 1 aromatic rings. The molecule has 176 valence electrons. The number of Topliss-reactive ketones (excluding diaryl/α,β-unsaturated/α-hetero) is 1. The largest absolute Gasteiger partial charge is 0.394 e. The second-order valence-corrected chi connectivity index (χ2v) is 9.38. The van der Waals surface area contributed by atoms with E-state index in [1.54, 1.807) is 0 Å². The van der Waals surface area contributed by atoms with Crippen LogP contribution in [0.2, 0.25) is 0 Å². The van der Waals surface area contributed by atoms with E-state index in [4.69, 9.17) is 4.74 Å². The Morgan fingerprint density at radius 3 is 2.41 bits per heavy atom. The van der Waals surface area contributed by atoms with Crippen molar-refractivity contribution in [2.45, 2.75) is 63.6 Å². The number of rotatable bonds is 11. The van der Waals surface area contributed by atoms with Gasteiger partial charge in [0.05, 0.1) is 25.9 Å². The van der Waals surface area contributed by atoms with E-state index in [1.165, 1.54) is 11.1 Å². The van der Waals surface area contributed by atoms with Crippen LogP contribution in [0.5, 0.6) is 0 Å². The number of amides is 2. The van der Waals surface area contributed by atoms with E-state index in [0.29, 0.717) is 6.42 Å². The highest BCUT2D eigenvalue weighted by molar-refractivity contribution is 5.98. The van der Waals surface area contributed by atoms with E-state index >= 15 is 0 Å². The first-order chi connectivity index (χ1) is 15.3. The van der Waals surface area contributed by atoms with Gasteiger partial charge in [-0.25, -0.2) is 0 Å². The number of benzene rings is 1. The molecule has 1 fully saturated rings. The molecule has 3 unspecified atom stereocenters. The molecule has 4 atom stereocenters. The number of hydrogen-bond acceptors (Lipinski definition) is 6. The van der Waals surface area contributed by atoms with Crippen molar-refractivity contribution in [1.82, 2.24) is 10.6 Å². The molecule has 1 aliphatic carbocycles. The molecule has 1 saturated heterocycles. The molecule has 8 nitrogen and oxygen atoms in total. The van der Waals surface area contributed by atoms with Crippen LogP contribution >= 0.6 is 0 Å². The van der Waals surface area contributed by atoms with Crippen LogP contribution in [-0.4, -0.2) is 65.3 Å². The fourth-order valence-electron chi connectivity index (χ4n) is 4.35. The van der Waals surface area contributed by atoms with Gasteiger partial charge in [-0.3, -0.25) is 14.4 Å². The molecule has 0 spiro atoms. The average Bonchev–Trinajstić information content (AvgIpc) is 3.57. The monoisotopic (exact) mass is 446 g/mol. The Labute approximate surface area is 188 Å². The maximum Gasteiger partial charge on any atom is 0.245 e. The lowest BCUT2D eigenvalue weighted by Crippen LogP contribution is -2.55. The number of aryl methyl sites for hydroxylation is 1. The summed E-state index contributed by atoms with van der Waals surface area (Å²) in [5, 5.41) is 24.4. The molecule has 8 heteroatoms. The molecule has 0 bridgehead atoms. The number of carbonyl (C=O) groups is 3. The zero-order valence-corrected chi connectivity index (χ0v) is 18.8. The van der Waals surface area contributed by atoms with Gasteiger partial charge < -0.3 is 25.6 Å². The second kappa shape index (κ2) is 10.6. The normalized spacial score (nSPS) is 23.7. The minimum atomic E-state index is -1.25. The lowest BCUT2D eigenvalue weighted by Gasteiger charge is -2.26. The molecule has 2 amide bonds. The average molecular weight is 447 g/mol. The van der Waals surface area contributed by atoms with Crippen LogP contribution in [0.3, 0.4) is 0 Å². The Morgan fingerprint density at radius 1 is 1.12 bits per heavy atom. The van der Waals surface area contributed by atoms with Crippen LogP contribution < -0.4 is 10.6 Å². The van der Waals surface area contributed by atoms with E-state index in [1.807, 2.05) is 26.0 Å². The highest BCUT2D eigenvalue weighted by Gasteiger charge is 2.54. The zero-order chi connectivity index (χ0) is 23.3. The van der Waals surface area contributed by atoms with Crippen molar-refractivity contribution in [1.29, 1.82) is 0 Å². The van der Waals surface area contributed by atoms with Gasteiger partial charge in [0.2, 0.25) is 11.8 Å². The fraction of sp³-hybridized carbons (Fsp3) is 0.625. The van der Waals surface area contributed by atoms with Crippen molar-refractivity contribution in [3.8, 4) is 0 Å². The van der Waals surface area contributed by atoms with Crippen LogP contribution in [0, 0.1) is 11.8 Å². The molecular weight excluding hydrogens is 412 g/mol. The van der Waals surface area contributed by atoms with Crippen LogP contribution in [0.15, 0.2) is 24.3 Å². The summed E-state index contributed by atoms with van der Waals surface area (Å²) in [6.07, 6.45) is 3.27. The Kier molecular flexibility index (Phi) is 8.03. The number of epoxide rings is 1. The van der Waals surface area contributed by atoms with E-state index in [-0.39, 0.29) is 36.6 Å². The van der Waals surface area contributed by atoms with Gasteiger partial charge in [-0.05, 0) is 48.6 Å². The Balaban J connectivity index is 1.56. The van der Waals surface area contributed by atoms with Crippen molar-refractivity contribution in [2.75, 3.05) is 19.8 Å². The first-order valence-electron chi connectivity index (χ1n) is 11.3. The van der Waals surface area contributed by atoms with E-state index in [9.17, 15) is 24.6 Å². The van der Waals surface area contributed by atoms with Crippen LogP contribution in [0.25, 0.3) is 0 Å². The number of fused-ring (bicyclic) bond motifs is 1. The number of carbonyl (C=O) groups excluding carboxylic acids is 3. The predicted molar refractivity (Wildman–Crippen MR) is 118 cm³/mol. The maximum atomic E-state index is 12.8. The molecule has 0 radical (unpaired) electrons. The lowest BCUT2D eigenvalue weighted by molar-refractivity contribution is -0.135. The minimum absolute atomic E-state index is 0.107. The summed E-state index contributed by atoms with van der Waals surface area (Å²) in [6, 6.07) is 6.20. The Bertz CT molecular complexity index is 836.